The number of rotatable bonds is 10. The lowest BCUT2D eigenvalue weighted by atomic mass is 9.94. The maximum Gasteiger partial charge on any atom is 0.295 e. The highest BCUT2D eigenvalue weighted by molar-refractivity contribution is 6.46. The highest BCUT2D eigenvalue weighted by Gasteiger charge is 2.46. The lowest BCUT2D eigenvalue weighted by Crippen LogP contribution is -2.32. The Kier molecular flexibility index (Phi) is 9.17. The van der Waals surface area contributed by atoms with Crippen molar-refractivity contribution in [2.24, 2.45) is 0 Å². The number of carbonyl (C=O) groups excluding carboxylic acids is 2. The largest absolute Gasteiger partial charge is 0.507 e. The van der Waals surface area contributed by atoms with Crippen molar-refractivity contribution in [1.82, 2.24) is 9.80 Å². The molecule has 1 N–H and O–H groups in total. The number of nitrogens with zero attached hydrogens (tertiary/aromatic N) is 2. The van der Waals surface area contributed by atoms with E-state index in [1.807, 2.05) is 19.0 Å². The molecule has 0 spiro atoms. The summed E-state index contributed by atoms with van der Waals surface area (Å²) in [5.74, 6) is -0.720. The van der Waals surface area contributed by atoms with Crippen LogP contribution in [0.3, 0.4) is 0 Å². The van der Waals surface area contributed by atoms with Crippen LogP contribution in [0.15, 0.2) is 29.8 Å². The molecule has 1 amide bonds. The lowest BCUT2D eigenvalue weighted by molar-refractivity contribution is -0.139. The molecule has 1 heterocycles. The molecule has 2 aromatic rings. The Balaban J connectivity index is 2.26. The van der Waals surface area contributed by atoms with Gasteiger partial charge in [0.1, 0.15) is 5.76 Å². The van der Waals surface area contributed by atoms with E-state index in [1.54, 1.807) is 12.1 Å². The minimum absolute atomic E-state index is 0.110. The number of methoxy groups -OCH3 is 4. The van der Waals surface area contributed by atoms with E-state index in [-0.39, 0.29) is 33.5 Å². The molecule has 1 unspecified atom stereocenters. The number of aliphatic hydroxyl groups is 1. The average Bonchev–Trinajstić information content (AvgIpc) is 3.11. The standard InChI is InChI=1S/C26H30Cl2N2O7/c1-29(2)8-7-9-30-21(14-12-18(34-3)25(37-6)19(13-14)35-4)20(23(32)26(30)33)22(31)15-10-16(27)24(36-5)17(28)11-15/h10-13,21,31H,7-9H2,1-6H3/b22-20+. The molecule has 0 radical (unpaired) electrons. The first-order valence-corrected chi connectivity index (χ1v) is 12.1. The van der Waals surface area contributed by atoms with Crippen molar-refractivity contribution >= 4 is 40.7 Å². The van der Waals surface area contributed by atoms with Crippen molar-refractivity contribution in [3.05, 3.63) is 51.0 Å². The van der Waals surface area contributed by atoms with Gasteiger partial charge in [-0.05, 0) is 56.9 Å². The van der Waals surface area contributed by atoms with Crippen LogP contribution in [-0.4, -0.2) is 82.2 Å². The first kappa shape index (κ1) is 28.4. The minimum atomic E-state index is -0.935. The van der Waals surface area contributed by atoms with Crippen molar-refractivity contribution in [1.29, 1.82) is 0 Å². The maximum absolute atomic E-state index is 13.3. The number of aliphatic hydroxyl groups excluding tert-OH is 1. The summed E-state index contributed by atoms with van der Waals surface area (Å²) < 4.78 is 21.6. The Morgan fingerprint density at radius 1 is 0.919 bits per heavy atom. The Bertz CT molecular complexity index is 1180. The summed E-state index contributed by atoms with van der Waals surface area (Å²) in [4.78, 5) is 30.0. The van der Waals surface area contributed by atoms with Crippen LogP contribution in [0.25, 0.3) is 5.76 Å². The van der Waals surface area contributed by atoms with Crippen LogP contribution in [0, 0.1) is 0 Å². The molecule has 0 aromatic heterocycles. The summed E-state index contributed by atoms with van der Waals surface area (Å²) in [5.41, 5.74) is 0.548. The zero-order valence-corrected chi connectivity index (χ0v) is 23.1. The molecule has 0 aliphatic carbocycles. The predicted octanol–water partition coefficient (Wildman–Crippen LogP) is 4.40. The van der Waals surface area contributed by atoms with E-state index in [0.717, 1.165) is 0 Å². The van der Waals surface area contributed by atoms with Crippen molar-refractivity contribution < 1.29 is 33.6 Å². The van der Waals surface area contributed by atoms with Crippen LogP contribution in [0.1, 0.15) is 23.6 Å². The third-order valence-corrected chi connectivity index (χ3v) is 6.58. The van der Waals surface area contributed by atoms with E-state index in [0.29, 0.717) is 35.8 Å². The van der Waals surface area contributed by atoms with Gasteiger partial charge in [0.15, 0.2) is 17.2 Å². The van der Waals surface area contributed by atoms with Gasteiger partial charge < -0.3 is 33.9 Å². The van der Waals surface area contributed by atoms with Crippen molar-refractivity contribution in [2.45, 2.75) is 12.5 Å². The molecule has 1 fully saturated rings. The normalized spacial score (nSPS) is 16.9. The fraction of sp³-hybridized carbons (Fsp3) is 0.385. The molecule has 11 heteroatoms. The van der Waals surface area contributed by atoms with E-state index < -0.39 is 23.5 Å². The number of carbonyl (C=O) groups is 2. The number of benzene rings is 2. The van der Waals surface area contributed by atoms with Gasteiger partial charge in [-0.15, -0.1) is 0 Å². The number of amides is 1. The van der Waals surface area contributed by atoms with E-state index in [4.69, 9.17) is 42.1 Å². The number of hydrogen-bond acceptors (Lipinski definition) is 8. The average molecular weight is 553 g/mol. The molecule has 0 bridgehead atoms. The third-order valence-electron chi connectivity index (χ3n) is 6.02. The number of hydrogen-bond donors (Lipinski definition) is 1. The van der Waals surface area contributed by atoms with Gasteiger partial charge >= 0.3 is 0 Å². The van der Waals surface area contributed by atoms with Crippen molar-refractivity contribution in [3.63, 3.8) is 0 Å². The molecule has 9 nitrogen and oxygen atoms in total. The van der Waals surface area contributed by atoms with E-state index in [1.165, 1.54) is 45.5 Å². The quantitative estimate of drug-likeness (QED) is 0.263. The summed E-state index contributed by atoms with van der Waals surface area (Å²) in [5, 5.41) is 11.6. The number of halogens is 2. The smallest absolute Gasteiger partial charge is 0.295 e. The highest BCUT2D eigenvalue weighted by atomic mass is 35.5. The molecule has 37 heavy (non-hydrogen) atoms. The van der Waals surface area contributed by atoms with Crippen LogP contribution in [0.5, 0.6) is 23.0 Å². The van der Waals surface area contributed by atoms with Crippen molar-refractivity contribution in [2.75, 3.05) is 55.6 Å². The first-order valence-electron chi connectivity index (χ1n) is 11.4. The van der Waals surface area contributed by atoms with Gasteiger partial charge in [-0.25, -0.2) is 0 Å². The minimum Gasteiger partial charge on any atom is -0.507 e. The molecule has 1 saturated heterocycles. The fourth-order valence-corrected chi connectivity index (χ4v) is 4.96. The highest BCUT2D eigenvalue weighted by Crippen LogP contribution is 2.46. The second-order valence-corrected chi connectivity index (χ2v) is 9.40. The maximum atomic E-state index is 13.3. The molecule has 0 saturated carbocycles. The Morgan fingerprint density at radius 2 is 1.46 bits per heavy atom. The van der Waals surface area contributed by atoms with E-state index in [9.17, 15) is 14.7 Å². The number of ketones is 1. The van der Waals surface area contributed by atoms with Crippen LogP contribution in [-0.2, 0) is 9.59 Å². The fourth-order valence-electron chi connectivity index (χ4n) is 4.32. The Morgan fingerprint density at radius 3 is 1.92 bits per heavy atom. The summed E-state index contributed by atoms with van der Waals surface area (Å²) in [6, 6.07) is 5.21. The summed E-state index contributed by atoms with van der Waals surface area (Å²) in [6.45, 7) is 0.958. The Hall–Kier alpha value is -3.14. The molecule has 1 aliphatic heterocycles. The first-order chi connectivity index (χ1) is 17.6. The monoisotopic (exact) mass is 552 g/mol. The number of likely N-dealkylation sites (tertiary alicyclic amines) is 1. The topological polar surface area (TPSA) is 97.8 Å². The summed E-state index contributed by atoms with van der Waals surface area (Å²) in [7, 11) is 9.66. The zero-order chi connectivity index (χ0) is 27.4. The van der Waals surface area contributed by atoms with Gasteiger partial charge in [0.25, 0.3) is 11.7 Å². The summed E-state index contributed by atoms with van der Waals surface area (Å²) >= 11 is 12.6. The molecular formula is C26H30Cl2N2O7. The van der Waals surface area contributed by atoms with Gasteiger partial charge in [-0.2, -0.15) is 0 Å². The van der Waals surface area contributed by atoms with Gasteiger partial charge in [-0.3, -0.25) is 9.59 Å². The molecule has 200 valence electrons. The lowest BCUT2D eigenvalue weighted by Gasteiger charge is -2.27. The molecular weight excluding hydrogens is 523 g/mol. The van der Waals surface area contributed by atoms with E-state index >= 15 is 0 Å². The number of Topliss-reactive ketones (excluding diaryl/α,β-unsaturated/α-hetero) is 1. The van der Waals surface area contributed by atoms with Crippen LogP contribution < -0.4 is 18.9 Å². The summed E-state index contributed by atoms with van der Waals surface area (Å²) in [6.07, 6.45) is 0.598. The van der Waals surface area contributed by atoms with E-state index in [2.05, 4.69) is 0 Å². The Labute approximate surface area is 226 Å². The predicted molar refractivity (Wildman–Crippen MR) is 141 cm³/mol. The van der Waals surface area contributed by atoms with Gasteiger partial charge in [0.2, 0.25) is 5.75 Å². The van der Waals surface area contributed by atoms with Crippen LogP contribution >= 0.6 is 23.2 Å². The second kappa shape index (κ2) is 11.9. The number of ether oxygens (including phenoxy) is 4. The zero-order valence-electron chi connectivity index (χ0n) is 21.6. The SMILES string of the molecule is COc1cc(C2/C(=C(\O)c3cc(Cl)c(OC)c(Cl)c3)C(=O)C(=O)N2CCCN(C)C)cc(OC)c1OC. The van der Waals surface area contributed by atoms with Crippen molar-refractivity contribution in [3.8, 4) is 23.0 Å². The van der Waals surface area contributed by atoms with Crippen LogP contribution in [0.2, 0.25) is 10.0 Å². The molecule has 1 aliphatic rings. The van der Waals surface area contributed by atoms with Gasteiger partial charge in [0.05, 0.1) is 50.1 Å². The molecule has 1 atom stereocenters. The second-order valence-electron chi connectivity index (χ2n) is 8.58. The molecule has 3 rings (SSSR count). The molecule has 2 aromatic carbocycles. The van der Waals surface area contributed by atoms with Gasteiger partial charge in [-0.1, -0.05) is 23.2 Å². The van der Waals surface area contributed by atoms with Crippen LogP contribution in [0.4, 0.5) is 0 Å². The van der Waals surface area contributed by atoms with Gasteiger partial charge in [0, 0.05) is 12.1 Å². The third kappa shape index (κ3) is 5.58.